The number of hydrogen-bond acceptors (Lipinski definition) is 4. The van der Waals surface area contributed by atoms with E-state index in [4.69, 9.17) is 16.7 Å². The van der Waals surface area contributed by atoms with Crippen LogP contribution in [0.3, 0.4) is 0 Å². The van der Waals surface area contributed by atoms with Gasteiger partial charge in [-0.2, -0.15) is 5.10 Å². The average molecular weight is 302 g/mol. The third kappa shape index (κ3) is 2.73. The number of sulfonamides is 1. The van der Waals surface area contributed by atoms with Crippen LogP contribution in [0.1, 0.15) is 11.4 Å². The Balaban J connectivity index is 2.44. The van der Waals surface area contributed by atoms with Crippen molar-refractivity contribution in [3.05, 3.63) is 40.7 Å². The molecule has 0 bridgehead atoms. The zero-order valence-corrected chi connectivity index (χ0v) is 11.6. The lowest BCUT2D eigenvalue weighted by molar-refractivity contribution is 0.273. The maximum absolute atomic E-state index is 12.3. The number of H-pyrrole nitrogens is 1. The van der Waals surface area contributed by atoms with Gasteiger partial charge >= 0.3 is 0 Å². The monoisotopic (exact) mass is 301 g/mol. The molecule has 1 aromatic heterocycles. The number of benzene rings is 1. The van der Waals surface area contributed by atoms with Crippen molar-refractivity contribution < 1.29 is 13.5 Å². The van der Waals surface area contributed by atoms with E-state index in [0.717, 1.165) is 0 Å². The van der Waals surface area contributed by atoms with Crippen LogP contribution in [0.25, 0.3) is 0 Å². The van der Waals surface area contributed by atoms with Crippen LogP contribution in [-0.4, -0.2) is 23.7 Å². The quantitative estimate of drug-likeness (QED) is 0.800. The van der Waals surface area contributed by atoms with Crippen LogP contribution >= 0.6 is 11.6 Å². The van der Waals surface area contributed by atoms with Crippen molar-refractivity contribution in [2.45, 2.75) is 18.4 Å². The van der Waals surface area contributed by atoms with E-state index < -0.39 is 16.6 Å². The van der Waals surface area contributed by atoms with Gasteiger partial charge in [-0.05, 0) is 19.1 Å². The van der Waals surface area contributed by atoms with E-state index >= 15 is 0 Å². The van der Waals surface area contributed by atoms with Crippen LogP contribution in [0, 0.1) is 6.92 Å². The van der Waals surface area contributed by atoms with Crippen LogP contribution in [-0.2, 0) is 16.6 Å². The largest absolute Gasteiger partial charge is 0.390 e. The first kappa shape index (κ1) is 13.9. The first-order valence-corrected chi connectivity index (χ1v) is 7.24. The maximum atomic E-state index is 12.3. The van der Waals surface area contributed by atoms with Gasteiger partial charge in [-0.25, -0.2) is 8.42 Å². The lowest BCUT2D eigenvalue weighted by Gasteiger charge is -2.09. The molecule has 0 unspecified atom stereocenters. The van der Waals surface area contributed by atoms with Gasteiger partial charge in [-0.3, -0.25) is 9.82 Å². The van der Waals surface area contributed by atoms with Gasteiger partial charge in [-0.1, -0.05) is 23.7 Å². The van der Waals surface area contributed by atoms with Gasteiger partial charge in [0.25, 0.3) is 10.0 Å². The summed E-state index contributed by atoms with van der Waals surface area (Å²) in [6, 6.07) is 6.49. The summed E-state index contributed by atoms with van der Waals surface area (Å²) in [4.78, 5) is -0.0603. The topological polar surface area (TPSA) is 95.1 Å². The number of halogens is 1. The predicted octanol–water partition coefficient (Wildman–Crippen LogP) is 1.66. The smallest absolute Gasteiger partial charge is 0.265 e. The fraction of sp³-hybridized carbons (Fsp3) is 0.182. The number of nitrogens with one attached hydrogen (secondary N) is 2. The Morgan fingerprint density at radius 1 is 1.42 bits per heavy atom. The minimum absolute atomic E-state index is 0.0603. The fourth-order valence-corrected chi connectivity index (χ4v) is 3.35. The molecule has 0 saturated carbocycles. The molecule has 0 aliphatic heterocycles. The van der Waals surface area contributed by atoms with E-state index in [1.165, 1.54) is 0 Å². The third-order valence-electron chi connectivity index (χ3n) is 2.50. The molecule has 0 aliphatic rings. The summed E-state index contributed by atoms with van der Waals surface area (Å²) < 4.78 is 26.9. The molecule has 1 heterocycles. The zero-order chi connectivity index (χ0) is 14.0. The van der Waals surface area contributed by atoms with Crippen molar-refractivity contribution in [3.8, 4) is 0 Å². The van der Waals surface area contributed by atoms with E-state index in [2.05, 4.69) is 14.9 Å². The van der Waals surface area contributed by atoms with Gasteiger partial charge in [0, 0.05) is 0 Å². The Morgan fingerprint density at radius 2 is 2.11 bits per heavy atom. The number of aryl methyl sites for hydroxylation is 1. The summed E-state index contributed by atoms with van der Waals surface area (Å²) in [5.74, 6) is 0. The Morgan fingerprint density at radius 3 is 2.74 bits per heavy atom. The van der Waals surface area contributed by atoms with Crippen molar-refractivity contribution in [1.29, 1.82) is 0 Å². The lowest BCUT2D eigenvalue weighted by atomic mass is 10.3. The highest BCUT2D eigenvalue weighted by Gasteiger charge is 2.24. The molecule has 0 radical (unpaired) electrons. The summed E-state index contributed by atoms with van der Waals surface area (Å²) >= 11 is 5.91. The van der Waals surface area contributed by atoms with Gasteiger partial charge in [-0.15, -0.1) is 0 Å². The number of aromatic amines is 1. The molecular weight excluding hydrogens is 290 g/mol. The molecule has 0 fully saturated rings. The Kier molecular flexibility index (Phi) is 3.79. The van der Waals surface area contributed by atoms with E-state index in [9.17, 15) is 8.42 Å². The molecule has 0 amide bonds. The van der Waals surface area contributed by atoms with E-state index in [-0.39, 0.29) is 21.3 Å². The first-order valence-electron chi connectivity index (χ1n) is 5.37. The highest BCUT2D eigenvalue weighted by molar-refractivity contribution is 7.92. The number of aliphatic hydroxyl groups excluding tert-OH is 1. The van der Waals surface area contributed by atoms with Crippen LogP contribution < -0.4 is 4.72 Å². The Hall–Kier alpha value is -1.57. The molecule has 2 rings (SSSR count). The highest BCUT2D eigenvalue weighted by Crippen LogP contribution is 2.26. The molecule has 0 spiro atoms. The number of rotatable bonds is 4. The predicted molar refractivity (Wildman–Crippen MR) is 71.5 cm³/mol. The first-order chi connectivity index (χ1) is 8.95. The third-order valence-corrected chi connectivity index (χ3v) is 4.40. The normalized spacial score (nSPS) is 11.5. The minimum Gasteiger partial charge on any atom is -0.390 e. The van der Waals surface area contributed by atoms with Crippen molar-refractivity contribution >= 4 is 27.3 Å². The number of anilines is 1. The van der Waals surface area contributed by atoms with Crippen LogP contribution in [0.5, 0.6) is 0 Å². The highest BCUT2D eigenvalue weighted by atomic mass is 35.5. The second-order valence-electron chi connectivity index (χ2n) is 3.87. The van der Waals surface area contributed by atoms with E-state index in [1.807, 2.05) is 0 Å². The standard InChI is InChI=1S/C11H12ClN3O3S/c1-7-11(10(6-16)14-13-7)19(17,18)15-9-5-3-2-4-8(9)12/h2-5,15-16H,6H2,1H3,(H,13,14). The van der Waals surface area contributed by atoms with Crippen LogP contribution in [0.2, 0.25) is 5.02 Å². The molecule has 1 aromatic carbocycles. The molecule has 19 heavy (non-hydrogen) atoms. The Labute approximate surface area is 115 Å². The second-order valence-corrected chi connectivity index (χ2v) is 5.89. The SMILES string of the molecule is Cc1[nH]nc(CO)c1S(=O)(=O)Nc1ccccc1Cl. The van der Waals surface area contributed by atoms with E-state index in [0.29, 0.717) is 5.69 Å². The molecular formula is C11H12ClN3O3S. The summed E-state index contributed by atoms with van der Waals surface area (Å²) in [6.45, 7) is 1.09. The number of nitrogens with zero attached hydrogens (tertiary/aromatic N) is 1. The number of aliphatic hydroxyl groups is 1. The van der Waals surface area contributed by atoms with E-state index in [1.54, 1.807) is 31.2 Å². The summed E-state index contributed by atoms with van der Waals surface area (Å²) in [7, 11) is -3.85. The van der Waals surface area contributed by atoms with Crippen molar-refractivity contribution in [2.24, 2.45) is 0 Å². The zero-order valence-electron chi connectivity index (χ0n) is 10.0. The molecule has 3 N–H and O–H groups in total. The van der Waals surface area contributed by atoms with Crippen molar-refractivity contribution in [2.75, 3.05) is 4.72 Å². The van der Waals surface area contributed by atoms with Gasteiger partial charge in [0.1, 0.15) is 10.6 Å². The van der Waals surface area contributed by atoms with Gasteiger partial charge in [0.05, 0.1) is 23.0 Å². The molecule has 8 heteroatoms. The molecule has 0 atom stereocenters. The molecule has 0 saturated heterocycles. The molecule has 0 aliphatic carbocycles. The van der Waals surface area contributed by atoms with Crippen LogP contribution in [0.15, 0.2) is 29.2 Å². The number of hydrogen-bond donors (Lipinski definition) is 3. The molecule has 102 valence electrons. The van der Waals surface area contributed by atoms with Crippen LogP contribution in [0.4, 0.5) is 5.69 Å². The number of aromatic nitrogens is 2. The van der Waals surface area contributed by atoms with Gasteiger partial charge in [0.15, 0.2) is 0 Å². The number of para-hydroxylation sites is 1. The van der Waals surface area contributed by atoms with Gasteiger partial charge in [0.2, 0.25) is 0 Å². The lowest BCUT2D eigenvalue weighted by Crippen LogP contribution is -2.15. The second kappa shape index (κ2) is 5.20. The van der Waals surface area contributed by atoms with Crippen molar-refractivity contribution in [1.82, 2.24) is 10.2 Å². The fourth-order valence-electron chi connectivity index (χ4n) is 1.67. The maximum Gasteiger partial charge on any atom is 0.265 e. The minimum atomic E-state index is -3.85. The summed E-state index contributed by atoms with van der Waals surface area (Å²) in [5.41, 5.74) is 0.689. The van der Waals surface area contributed by atoms with Gasteiger partial charge < -0.3 is 5.11 Å². The molecule has 6 nitrogen and oxygen atoms in total. The average Bonchev–Trinajstić information content (AvgIpc) is 2.74. The van der Waals surface area contributed by atoms with Crippen molar-refractivity contribution in [3.63, 3.8) is 0 Å². The molecule has 2 aromatic rings. The Bertz CT molecular complexity index is 697. The summed E-state index contributed by atoms with van der Waals surface area (Å²) in [5, 5.41) is 15.7. The summed E-state index contributed by atoms with van der Waals surface area (Å²) in [6.07, 6.45) is 0.